The fourth-order valence-electron chi connectivity index (χ4n) is 1.98. The van der Waals surface area contributed by atoms with E-state index in [0.29, 0.717) is 6.42 Å². The third-order valence-electron chi connectivity index (χ3n) is 2.98. The smallest absolute Gasteiger partial charge is 0.0738 e. The van der Waals surface area contributed by atoms with Crippen molar-refractivity contribution in [1.82, 2.24) is 20.2 Å². The Labute approximate surface area is 128 Å². The van der Waals surface area contributed by atoms with Crippen molar-refractivity contribution < 1.29 is 0 Å². The van der Waals surface area contributed by atoms with E-state index in [2.05, 4.69) is 47.4 Å². The SMILES string of the molecule is Cc1nn(C)c(CC(NN)c2ncccc2Br)c1Br. The van der Waals surface area contributed by atoms with Crippen LogP contribution in [0.25, 0.3) is 0 Å². The fourth-order valence-corrected chi connectivity index (χ4v) is 3.01. The Hall–Kier alpha value is -0.760. The number of halogens is 2. The van der Waals surface area contributed by atoms with Crippen LogP contribution in [0.2, 0.25) is 0 Å². The molecular weight excluding hydrogens is 374 g/mol. The van der Waals surface area contributed by atoms with Gasteiger partial charge in [-0.15, -0.1) is 0 Å². The predicted molar refractivity (Wildman–Crippen MR) is 81.4 cm³/mol. The molecule has 0 saturated heterocycles. The Morgan fingerprint density at radius 3 is 2.74 bits per heavy atom. The zero-order valence-electron chi connectivity index (χ0n) is 10.7. The number of aromatic nitrogens is 3. The number of rotatable bonds is 4. The van der Waals surface area contributed by atoms with Crippen LogP contribution in [0.15, 0.2) is 27.3 Å². The molecule has 7 heteroatoms. The summed E-state index contributed by atoms with van der Waals surface area (Å²) in [5.41, 5.74) is 5.75. The molecule has 0 bridgehead atoms. The van der Waals surface area contributed by atoms with Crippen LogP contribution in [0.4, 0.5) is 0 Å². The molecule has 0 aliphatic carbocycles. The van der Waals surface area contributed by atoms with E-state index < -0.39 is 0 Å². The van der Waals surface area contributed by atoms with Gasteiger partial charge in [-0.3, -0.25) is 20.9 Å². The summed E-state index contributed by atoms with van der Waals surface area (Å²) in [4.78, 5) is 4.38. The van der Waals surface area contributed by atoms with Crippen LogP contribution in [0.1, 0.15) is 23.1 Å². The molecule has 0 fully saturated rings. The average molecular weight is 389 g/mol. The zero-order valence-corrected chi connectivity index (χ0v) is 13.9. The van der Waals surface area contributed by atoms with Gasteiger partial charge in [0.05, 0.1) is 27.6 Å². The van der Waals surface area contributed by atoms with Crippen LogP contribution in [-0.4, -0.2) is 14.8 Å². The van der Waals surface area contributed by atoms with Gasteiger partial charge in [0.2, 0.25) is 0 Å². The first-order valence-electron chi connectivity index (χ1n) is 5.79. The minimum atomic E-state index is -0.0818. The summed E-state index contributed by atoms with van der Waals surface area (Å²) in [6.07, 6.45) is 2.46. The van der Waals surface area contributed by atoms with Crippen LogP contribution >= 0.6 is 31.9 Å². The molecule has 0 radical (unpaired) electrons. The molecule has 2 aromatic rings. The van der Waals surface area contributed by atoms with Crippen LogP contribution in [-0.2, 0) is 13.5 Å². The lowest BCUT2D eigenvalue weighted by Gasteiger charge is -2.17. The van der Waals surface area contributed by atoms with Crippen LogP contribution < -0.4 is 11.3 Å². The van der Waals surface area contributed by atoms with Crippen molar-refractivity contribution in [3.63, 3.8) is 0 Å². The molecule has 1 unspecified atom stereocenters. The van der Waals surface area contributed by atoms with E-state index in [0.717, 1.165) is 26.0 Å². The monoisotopic (exact) mass is 387 g/mol. The molecule has 3 N–H and O–H groups in total. The molecule has 5 nitrogen and oxygen atoms in total. The standard InChI is InChI=1S/C12H15Br2N5/c1-7-11(14)10(19(2)18-7)6-9(17-15)12-8(13)4-3-5-16-12/h3-5,9,17H,6,15H2,1-2H3. The highest BCUT2D eigenvalue weighted by molar-refractivity contribution is 9.10. The number of hydrogen-bond donors (Lipinski definition) is 2. The largest absolute Gasteiger partial charge is 0.271 e. The van der Waals surface area contributed by atoms with Crippen molar-refractivity contribution in [1.29, 1.82) is 0 Å². The summed E-state index contributed by atoms with van der Waals surface area (Å²) in [7, 11) is 1.92. The van der Waals surface area contributed by atoms with Crippen molar-refractivity contribution in [2.45, 2.75) is 19.4 Å². The lowest BCUT2D eigenvalue weighted by molar-refractivity contribution is 0.515. The van der Waals surface area contributed by atoms with Crippen molar-refractivity contribution in [3.05, 3.63) is 44.4 Å². The van der Waals surface area contributed by atoms with Gasteiger partial charge in [-0.2, -0.15) is 5.10 Å². The quantitative estimate of drug-likeness (QED) is 0.623. The number of nitrogens with two attached hydrogens (primary N) is 1. The summed E-state index contributed by atoms with van der Waals surface area (Å²) >= 11 is 7.07. The van der Waals surface area contributed by atoms with Crippen LogP contribution in [0.5, 0.6) is 0 Å². The van der Waals surface area contributed by atoms with Crippen LogP contribution in [0, 0.1) is 6.92 Å². The highest BCUT2D eigenvalue weighted by atomic mass is 79.9. The summed E-state index contributed by atoms with van der Waals surface area (Å²) < 4.78 is 3.82. The van der Waals surface area contributed by atoms with Gasteiger partial charge in [0.25, 0.3) is 0 Å². The second-order valence-corrected chi connectivity index (χ2v) is 5.91. The van der Waals surface area contributed by atoms with E-state index in [1.807, 2.05) is 30.8 Å². The molecule has 102 valence electrons. The maximum Gasteiger partial charge on any atom is 0.0738 e. The third-order valence-corrected chi connectivity index (χ3v) is 4.68. The zero-order chi connectivity index (χ0) is 14.0. The van der Waals surface area contributed by atoms with E-state index in [-0.39, 0.29) is 6.04 Å². The van der Waals surface area contributed by atoms with Gasteiger partial charge < -0.3 is 0 Å². The van der Waals surface area contributed by atoms with E-state index in [1.165, 1.54) is 0 Å². The number of hydrogen-bond acceptors (Lipinski definition) is 4. The molecule has 0 aliphatic heterocycles. The van der Waals surface area contributed by atoms with Gasteiger partial charge in [-0.25, -0.2) is 0 Å². The first kappa shape index (κ1) is 14.6. The Kier molecular flexibility index (Phi) is 4.72. The Balaban J connectivity index is 2.32. The number of nitrogens with one attached hydrogen (secondary N) is 1. The molecule has 2 aromatic heterocycles. The molecule has 19 heavy (non-hydrogen) atoms. The first-order chi connectivity index (χ1) is 9.04. The molecule has 0 saturated carbocycles. The number of hydrazine groups is 1. The molecule has 0 aliphatic rings. The highest BCUT2D eigenvalue weighted by Gasteiger charge is 2.19. The molecule has 1 atom stereocenters. The van der Waals surface area contributed by atoms with Gasteiger partial charge in [0, 0.05) is 24.1 Å². The van der Waals surface area contributed by atoms with Crippen molar-refractivity contribution in [2.75, 3.05) is 0 Å². The second-order valence-electron chi connectivity index (χ2n) is 4.26. The normalized spacial score (nSPS) is 12.7. The van der Waals surface area contributed by atoms with Gasteiger partial charge in [0.15, 0.2) is 0 Å². The number of aryl methyl sites for hydroxylation is 2. The van der Waals surface area contributed by atoms with Gasteiger partial charge >= 0.3 is 0 Å². The van der Waals surface area contributed by atoms with Gasteiger partial charge in [0.1, 0.15) is 0 Å². The summed E-state index contributed by atoms with van der Waals surface area (Å²) in [6.45, 7) is 1.97. The summed E-state index contributed by atoms with van der Waals surface area (Å²) in [6, 6.07) is 3.75. The number of pyridine rings is 1. The highest BCUT2D eigenvalue weighted by Crippen LogP contribution is 2.27. The van der Waals surface area contributed by atoms with E-state index in [9.17, 15) is 0 Å². The first-order valence-corrected chi connectivity index (χ1v) is 7.37. The molecular formula is C12H15Br2N5. The lowest BCUT2D eigenvalue weighted by atomic mass is 10.1. The van der Waals surface area contributed by atoms with Crippen LogP contribution in [0.3, 0.4) is 0 Å². The van der Waals surface area contributed by atoms with E-state index in [1.54, 1.807) is 6.20 Å². The second kappa shape index (κ2) is 6.13. The topological polar surface area (TPSA) is 68.8 Å². The van der Waals surface area contributed by atoms with Gasteiger partial charge in [-0.1, -0.05) is 0 Å². The van der Waals surface area contributed by atoms with Crippen molar-refractivity contribution >= 4 is 31.9 Å². The Bertz CT molecular complexity index is 581. The van der Waals surface area contributed by atoms with E-state index >= 15 is 0 Å². The fraction of sp³-hybridized carbons (Fsp3) is 0.333. The third kappa shape index (κ3) is 3.05. The molecule has 2 rings (SSSR count). The van der Waals surface area contributed by atoms with Gasteiger partial charge in [-0.05, 0) is 50.9 Å². The lowest BCUT2D eigenvalue weighted by Crippen LogP contribution is -2.31. The Morgan fingerprint density at radius 1 is 1.47 bits per heavy atom. The van der Waals surface area contributed by atoms with Crippen molar-refractivity contribution in [2.24, 2.45) is 12.9 Å². The molecule has 0 aromatic carbocycles. The molecule has 0 amide bonds. The summed E-state index contributed by atoms with van der Waals surface area (Å²) in [5.74, 6) is 5.67. The maximum absolute atomic E-state index is 5.67. The predicted octanol–water partition coefficient (Wildman–Crippen LogP) is 2.40. The minimum Gasteiger partial charge on any atom is -0.271 e. The molecule has 2 heterocycles. The number of nitrogens with zero attached hydrogens (tertiary/aromatic N) is 3. The van der Waals surface area contributed by atoms with Crippen molar-refractivity contribution in [3.8, 4) is 0 Å². The average Bonchev–Trinajstić information content (AvgIpc) is 2.63. The summed E-state index contributed by atoms with van der Waals surface area (Å²) in [5, 5.41) is 4.38. The maximum atomic E-state index is 5.67. The minimum absolute atomic E-state index is 0.0818. The Morgan fingerprint density at radius 2 is 2.21 bits per heavy atom. The molecule has 0 spiro atoms. The van der Waals surface area contributed by atoms with E-state index in [4.69, 9.17) is 5.84 Å².